The van der Waals surface area contributed by atoms with Gasteiger partial charge in [0.15, 0.2) is 16.7 Å². The number of nitrogens with zero attached hydrogens (tertiary/aromatic N) is 3. The second-order valence-electron chi connectivity index (χ2n) is 7.34. The molecule has 0 atom stereocenters. The van der Waals surface area contributed by atoms with Gasteiger partial charge < -0.3 is 20.3 Å². The second-order valence-corrected chi connectivity index (χ2v) is 8.35. The maximum absolute atomic E-state index is 12.2. The smallest absolute Gasteiger partial charge is 0.303 e. The number of ether oxygens (including phenoxy) is 2. The first-order valence-corrected chi connectivity index (χ1v) is 11.1. The number of carboxylic acid groups (broad SMARTS) is 1. The van der Waals surface area contributed by atoms with Gasteiger partial charge in [-0.2, -0.15) is 0 Å². The van der Waals surface area contributed by atoms with E-state index in [-0.39, 0.29) is 6.42 Å². The number of rotatable bonds is 9. The third kappa shape index (κ3) is 4.81. The van der Waals surface area contributed by atoms with Crippen LogP contribution in [0.25, 0.3) is 16.9 Å². The molecule has 9 nitrogen and oxygen atoms in total. The summed E-state index contributed by atoms with van der Waals surface area (Å²) >= 11 is 1.27. The predicted octanol–water partition coefficient (Wildman–Crippen LogP) is 3.68. The highest BCUT2D eigenvalue weighted by molar-refractivity contribution is 7.99. The molecule has 0 saturated carbocycles. The van der Waals surface area contributed by atoms with Gasteiger partial charge in [0.2, 0.25) is 5.91 Å². The van der Waals surface area contributed by atoms with E-state index in [4.69, 9.17) is 25.3 Å². The van der Waals surface area contributed by atoms with Crippen LogP contribution in [-0.4, -0.2) is 45.6 Å². The van der Waals surface area contributed by atoms with Crippen LogP contribution in [-0.2, 0) is 11.2 Å². The topological polar surface area (TPSA) is 129 Å². The largest absolute Gasteiger partial charge is 0.493 e. The van der Waals surface area contributed by atoms with E-state index in [0.717, 1.165) is 11.1 Å². The number of carbonyl (C=O) groups excluding carboxylic acids is 1. The molecule has 4 rings (SSSR count). The van der Waals surface area contributed by atoms with Gasteiger partial charge in [0.25, 0.3) is 0 Å². The van der Waals surface area contributed by atoms with Crippen molar-refractivity contribution in [3.8, 4) is 22.8 Å². The van der Waals surface area contributed by atoms with E-state index < -0.39 is 11.9 Å². The van der Waals surface area contributed by atoms with Crippen molar-refractivity contribution in [2.75, 3.05) is 14.2 Å². The van der Waals surface area contributed by atoms with E-state index in [1.165, 1.54) is 11.8 Å². The minimum absolute atomic E-state index is 0.0325. The number of primary amides is 1. The summed E-state index contributed by atoms with van der Waals surface area (Å²) < 4.78 is 12.6. The summed E-state index contributed by atoms with van der Waals surface area (Å²) in [4.78, 5) is 32.9. The van der Waals surface area contributed by atoms with Crippen molar-refractivity contribution in [1.82, 2.24) is 14.4 Å². The molecule has 0 radical (unpaired) electrons. The van der Waals surface area contributed by atoms with Crippen LogP contribution in [0.3, 0.4) is 0 Å². The average molecular weight is 479 g/mol. The Hall–Kier alpha value is -4.05. The number of carbonyl (C=O) groups is 2. The Morgan fingerprint density at radius 3 is 2.59 bits per heavy atom. The fourth-order valence-corrected chi connectivity index (χ4v) is 4.47. The Morgan fingerprint density at radius 2 is 1.88 bits per heavy atom. The summed E-state index contributed by atoms with van der Waals surface area (Å²) in [6.07, 6.45) is 3.73. The van der Waals surface area contributed by atoms with Gasteiger partial charge in [-0.15, -0.1) is 0 Å². The lowest BCUT2D eigenvalue weighted by molar-refractivity contribution is -0.136. The number of benzene rings is 2. The molecular formula is C24H22N4O5S. The lowest BCUT2D eigenvalue weighted by Crippen LogP contribution is -2.13. The van der Waals surface area contributed by atoms with E-state index in [9.17, 15) is 9.59 Å². The van der Waals surface area contributed by atoms with Gasteiger partial charge in [0.1, 0.15) is 5.65 Å². The minimum Gasteiger partial charge on any atom is -0.493 e. The standard InChI is InChI=1S/C24H22N4O5S/c1-32-18-6-5-15(12-19(18)33-2)17-13-21-26-9-10-28(21)24(27-17)34-20-7-3-14(4-8-22(29)30)11-16(20)23(25)31/h3,5-7,9-13H,4,8H2,1-2H3,(H2,25,31)(H,29,30). The summed E-state index contributed by atoms with van der Waals surface area (Å²) in [5, 5.41) is 9.52. The van der Waals surface area contributed by atoms with E-state index in [2.05, 4.69) is 4.98 Å². The molecule has 0 aliphatic heterocycles. The number of fused-ring (bicyclic) bond motifs is 1. The van der Waals surface area contributed by atoms with Crippen LogP contribution in [0.4, 0.5) is 0 Å². The first-order valence-electron chi connectivity index (χ1n) is 10.3. The summed E-state index contributed by atoms with van der Waals surface area (Å²) in [6, 6.07) is 12.6. The maximum Gasteiger partial charge on any atom is 0.303 e. The van der Waals surface area contributed by atoms with Crippen molar-refractivity contribution in [3.63, 3.8) is 0 Å². The SMILES string of the molecule is COc1ccc(-c2cc3nccn3c(Sc3ccc(CCC(=O)O)cc3C(N)=O)n2)cc1OC. The van der Waals surface area contributed by atoms with Crippen molar-refractivity contribution < 1.29 is 24.2 Å². The highest BCUT2D eigenvalue weighted by atomic mass is 32.2. The van der Waals surface area contributed by atoms with Crippen molar-refractivity contribution in [3.05, 3.63) is 66.0 Å². The summed E-state index contributed by atoms with van der Waals surface area (Å²) in [5.41, 5.74) is 8.82. The molecule has 0 saturated heterocycles. The molecule has 2 aromatic heterocycles. The van der Waals surface area contributed by atoms with Gasteiger partial charge >= 0.3 is 5.97 Å². The molecule has 0 aliphatic rings. The molecule has 10 heteroatoms. The quantitative estimate of drug-likeness (QED) is 0.349. The zero-order valence-corrected chi connectivity index (χ0v) is 19.3. The molecule has 0 unspecified atom stereocenters. The number of amides is 1. The fraction of sp³-hybridized carbons (Fsp3) is 0.167. The number of carboxylic acids is 1. The lowest BCUT2D eigenvalue weighted by Gasteiger charge is -2.12. The van der Waals surface area contributed by atoms with Crippen LogP contribution in [0, 0.1) is 0 Å². The molecular weight excluding hydrogens is 456 g/mol. The minimum atomic E-state index is -0.905. The Morgan fingerprint density at radius 1 is 1.09 bits per heavy atom. The molecule has 4 aromatic rings. The van der Waals surface area contributed by atoms with Crippen LogP contribution in [0.2, 0.25) is 0 Å². The molecule has 34 heavy (non-hydrogen) atoms. The highest BCUT2D eigenvalue weighted by Crippen LogP contribution is 2.35. The molecule has 0 spiro atoms. The van der Waals surface area contributed by atoms with Gasteiger partial charge in [-0.25, -0.2) is 9.97 Å². The first kappa shape index (κ1) is 23.1. The van der Waals surface area contributed by atoms with Crippen molar-refractivity contribution in [2.24, 2.45) is 5.73 Å². The van der Waals surface area contributed by atoms with Gasteiger partial charge in [0, 0.05) is 35.3 Å². The number of nitrogens with two attached hydrogens (primary N) is 1. The van der Waals surface area contributed by atoms with Crippen LogP contribution >= 0.6 is 11.8 Å². The van der Waals surface area contributed by atoms with Gasteiger partial charge in [-0.3, -0.25) is 14.0 Å². The van der Waals surface area contributed by atoms with Crippen LogP contribution in [0.15, 0.2) is 64.9 Å². The number of aromatic nitrogens is 3. The van der Waals surface area contributed by atoms with E-state index in [1.54, 1.807) is 50.9 Å². The number of hydrogen-bond acceptors (Lipinski definition) is 7. The van der Waals surface area contributed by atoms with Gasteiger partial charge in [-0.05, 0) is 42.3 Å². The number of aryl methyl sites for hydroxylation is 1. The highest BCUT2D eigenvalue weighted by Gasteiger charge is 2.16. The Balaban J connectivity index is 1.75. The Kier molecular flexibility index (Phi) is 6.69. The molecule has 3 N–H and O–H groups in total. The maximum atomic E-state index is 12.2. The zero-order chi connectivity index (χ0) is 24.2. The third-order valence-corrected chi connectivity index (χ3v) is 6.22. The lowest BCUT2D eigenvalue weighted by atomic mass is 10.1. The number of imidazole rings is 1. The number of methoxy groups -OCH3 is 2. The van der Waals surface area contributed by atoms with Crippen LogP contribution in [0.5, 0.6) is 11.5 Å². The molecule has 0 bridgehead atoms. The Bertz CT molecular complexity index is 1390. The van der Waals surface area contributed by atoms with Crippen LogP contribution < -0.4 is 15.2 Å². The first-order chi connectivity index (χ1) is 16.4. The molecule has 2 aromatic carbocycles. The van der Waals surface area contributed by atoms with Crippen molar-refractivity contribution in [2.45, 2.75) is 22.9 Å². The van der Waals surface area contributed by atoms with Gasteiger partial charge in [0.05, 0.1) is 25.5 Å². The molecule has 1 amide bonds. The third-order valence-electron chi connectivity index (χ3n) is 5.17. The molecule has 174 valence electrons. The van der Waals surface area contributed by atoms with E-state index in [1.807, 2.05) is 22.6 Å². The van der Waals surface area contributed by atoms with E-state index >= 15 is 0 Å². The molecule has 0 fully saturated rings. The van der Waals surface area contributed by atoms with Crippen LogP contribution in [0.1, 0.15) is 22.3 Å². The predicted molar refractivity (Wildman–Crippen MR) is 127 cm³/mol. The summed E-state index contributed by atoms with van der Waals surface area (Å²) in [5.74, 6) is -0.320. The molecule has 0 aliphatic carbocycles. The molecule has 2 heterocycles. The Labute approximate surface area is 199 Å². The fourth-order valence-electron chi connectivity index (χ4n) is 3.47. The monoisotopic (exact) mass is 478 g/mol. The van der Waals surface area contributed by atoms with E-state index in [0.29, 0.717) is 44.9 Å². The normalized spacial score (nSPS) is 10.9. The van der Waals surface area contributed by atoms with Crippen molar-refractivity contribution in [1.29, 1.82) is 0 Å². The average Bonchev–Trinajstić information content (AvgIpc) is 3.31. The van der Waals surface area contributed by atoms with Crippen molar-refractivity contribution >= 4 is 29.3 Å². The number of hydrogen-bond donors (Lipinski definition) is 2. The number of aliphatic carboxylic acids is 1. The summed E-state index contributed by atoms with van der Waals surface area (Å²) in [7, 11) is 3.14. The van der Waals surface area contributed by atoms with Gasteiger partial charge in [-0.1, -0.05) is 17.8 Å². The zero-order valence-electron chi connectivity index (χ0n) is 18.5. The second kappa shape index (κ2) is 9.84. The summed E-state index contributed by atoms with van der Waals surface area (Å²) in [6.45, 7) is 0.